The Balaban J connectivity index is 1.83. The van der Waals surface area contributed by atoms with Crippen LogP contribution in [0.5, 0.6) is 0 Å². The maximum Gasteiger partial charge on any atom is 0.0621 e. The molecular formula is C11H21NO2. The van der Waals surface area contributed by atoms with Crippen molar-refractivity contribution in [3.8, 4) is 0 Å². The van der Waals surface area contributed by atoms with Crippen molar-refractivity contribution in [2.75, 3.05) is 13.2 Å². The van der Waals surface area contributed by atoms with Crippen LogP contribution in [0.2, 0.25) is 0 Å². The molecule has 2 fully saturated rings. The van der Waals surface area contributed by atoms with E-state index in [-0.39, 0.29) is 0 Å². The van der Waals surface area contributed by atoms with E-state index in [1.807, 2.05) is 0 Å². The van der Waals surface area contributed by atoms with Crippen molar-refractivity contribution in [3.63, 3.8) is 0 Å². The number of ether oxygens (including phenoxy) is 2. The summed E-state index contributed by atoms with van der Waals surface area (Å²) in [6.07, 6.45) is 4.18. The molecule has 3 unspecified atom stereocenters. The third-order valence-corrected chi connectivity index (χ3v) is 3.20. The lowest BCUT2D eigenvalue weighted by Gasteiger charge is -2.40. The fraction of sp³-hybridized carbons (Fsp3) is 1.00. The molecule has 1 N–H and O–H groups in total. The lowest BCUT2D eigenvalue weighted by atomic mass is 9.94. The van der Waals surface area contributed by atoms with Crippen molar-refractivity contribution in [1.82, 2.24) is 5.32 Å². The topological polar surface area (TPSA) is 30.5 Å². The summed E-state index contributed by atoms with van der Waals surface area (Å²) in [6, 6.07) is 1.05. The van der Waals surface area contributed by atoms with Crippen molar-refractivity contribution in [2.24, 2.45) is 0 Å². The van der Waals surface area contributed by atoms with Crippen LogP contribution in [0.3, 0.4) is 0 Å². The summed E-state index contributed by atoms with van der Waals surface area (Å²) in [5.41, 5.74) is 0. The molecule has 0 aromatic rings. The zero-order valence-electron chi connectivity index (χ0n) is 9.16. The highest BCUT2D eigenvalue weighted by Crippen LogP contribution is 2.22. The van der Waals surface area contributed by atoms with Gasteiger partial charge in [0, 0.05) is 12.1 Å². The molecule has 2 heterocycles. The average molecular weight is 199 g/mol. The first-order chi connectivity index (χ1) is 6.78. The molecule has 0 saturated carbocycles. The fourth-order valence-corrected chi connectivity index (χ4v) is 2.32. The molecule has 0 amide bonds. The van der Waals surface area contributed by atoms with Crippen molar-refractivity contribution in [3.05, 3.63) is 0 Å². The normalized spacial score (nSPS) is 39.4. The van der Waals surface area contributed by atoms with Gasteiger partial charge >= 0.3 is 0 Å². The smallest absolute Gasteiger partial charge is 0.0621 e. The van der Waals surface area contributed by atoms with Crippen molar-refractivity contribution in [1.29, 1.82) is 0 Å². The molecule has 2 bridgehead atoms. The Labute approximate surface area is 86.2 Å². The zero-order chi connectivity index (χ0) is 9.97. The van der Waals surface area contributed by atoms with E-state index in [2.05, 4.69) is 19.2 Å². The van der Waals surface area contributed by atoms with Crippen LogP contribution in [0, 0.1) is 0 Å². The Morgan fingerprint density at radius 3 is 2.57 bits per heavy atom. The highest BCUT2D eigenvalue weighted by atomic mass is 16.5. The van der Waals surface area contributed by atoms with E-state index in [1.54, 1.807) is 0 Å². The highest BCUT2D eigenvalue weighted by Gasteiger charge is 2.32. The highest BCUT2D eigenvalue weighted by molar-refractivity contribution is 4.89. The molecule has 3 heteroatoms. The van der Waals surface area contributed by atoms with Crippen LogP contribution in [-0.2, 0) is 9.47 Å². The second-order valence-corrected chi connectivity index (χ2v) is 4.55. The second kappa shape index (κ2) is 4.60. The Bertz CT molecular complexity index is 171. The molecular weight excluding hydrogens is 178 g/mol. The van der Waals surface area contributed by atoms with Crippen LogP contribution >= 0.6 is 0 Å². The van der Waals surface area contributed by atoms with Gasteiger partial charge < -0.3 is 14.8 Å². The molecule has 82 valence electrons. The first-order valence-electron chi connectivity index (χ1n) is 5.77. The van der Waals surface area contributed by atoms with Crippen molar-refractivity contribution >= 4 is 0 Å². The Hall–Kier alpha value is -0.120. The largest absolute Gasteiger partial charge is 0.378 e. The molecule has 3 nitrogen and oxygen atoms in total. The van der Waals surface area contributed by atoms with Gasteiger partial charge in [-0.25, -0.2) is 0 Å². The Morgan fingerprint density at radius 1 is 1.36 bits per heavy atom. The number of rotatable bonds is 3. The van der Waals surface area contributed by atoms with Gasteiger partial charge in [-0.05, 0) is 26.2 Å². The number of morpholine rings is 1. The standard InChI is InChI=1S/C11H21NO2/c1-3-8(2)14-11-4-9-6-13-7-10(5-11)12-9/h8-12H,3-7H2,1-2H3. The fourth-order valence-electron chi connectivity index (χ4n) is 2.32. The molecule has 0 spiro atoms. The first-order valence-corrected chi connectivity index (χ1v) is 5.77. The van der Waals surface area contributed by atoms with E-state index in [0.29, 0.717) is 24.3 Å². The molecule has 2 aliphatic heterocycles. The van der Waals surface area contributed by atoms with Gasteiger partial charge in [0.05, 0.1) is 25.4 Å². The minimum Gasteiger partial charge on any atom is -0.378 e. The summed E-state index contributed by atoms with van der Waals surface area (Å²) in [6.45, 7) is 6.05. The predicted octanol–water partition coefficient (Wildman–Crippen LogP) is 1.32. The van der Waals surface area contributed by atoms with Crippen LogP contribution in [0.1, 0.15) is 33.1 Å². The number of piperidine rings is 1. The van der Waals surface area contributed by atoms with E-state index in [4.69, 9.17) is 9.47 Å². The predicted molar refractivity (Wildman–Crippen MR) is 55.4 cm³/mol. The molecule has 2 aliphatic rings. The van der Waals surface area contributed by atoms with Crippen LogP contribution in [0.4, 0.5) is 0 Å². The summed E-state index contributed by atoms with van der Waals surface area (Å²) in [5, 5.41) is 3.57. The van der Waals surface area contributed by atoms with Crippen molar-refractivity contribution in [2.45, 2.75) is 57.4 Å². The monoisotopic (exact) mass is 199 g/mol. The number of nitrogens with one attached hydrogen (secondary N) is 1. The lowest BCUT2D eigenvalue weighted by molar-refractivity contribution is -0.0727. The van der Waals surface area contributed by atoms with Gasteiger partial charge in [0.15, 0.2) is 0 Å². The van der Waals surface area contributed by atoms with Crippen LogP contribution in [0.25, 0.3) is 0 Å². The second-order valence-electron chi connectivity index (χ2n) is 4.55. The van der Waals surface area contributed by atoms with E-state index in [9.17, 15) is 0 Å². The van der Waals surface area contributed by atoms with Gasteiger partial charge in [0.25, 0.3) is 0 Å². The molecule has 0 radical (unpaired) electrons. The molecule has 14 heavy (non-hydrogen) atoms. The average Bonchev–Trinajstić information content (AvgIpc) is 2.17. The van der Waals surface area contributed by atoms with E-state index >= 15 is 0 Å². The van der Waals surface area contributed by atoms with Crippen LogP contribution in [0.15, 0.2) is 0 Å². The van der Waals surface area contributed by atoms with Gasteiger partial charge in [-0.15, -0.1) is 0 Å². The Kier molecular flexibility index (Phi) is 3.42. The zero-order valence-corrected chi connectivity index (χ0v) is 9.16. The summed E-state index contributed by atoms with van der Waals surface area (Å²) in [4.78, 5) is 0. The van der Waals surface area contributed by atoms with E-state index in [1.165, 1.54) is 0 Å². The third kappa shape index (κ3) is 2.47. The minimum absolute atomic E-state index is 0.403. The van der Waals surface area contributed by atoms with Gasteiger partial charge in [0.1, 0.15) is 0 Å². The molecule has 3 atom stereocenters. The molecule has 0 aromatic carbocycles. The number of fused-ring (bicyclic) bond motifs is 2. The first kappa shape index (κ1) is 10.4. The maximum atomic E-state index is 5.98. The quantitative estimate of drug-likeness (QED) is 0.743. The molecule has 2 saturated heterocycles. The van der Waals surface area contributed by atoms with Crippen LogP contribution in [-0.4, -0.2) is 37.5 Å². The van der Waals surface area contributed by atoms with Gasteiger partial charge in [0.2, 0.25) is 0 Å². The maximum absolute atomic E-state index is 5.98. The van der Waals surface area contributed by atoms with Crippen LogP contribution < -0.4 is 5.32 Å². The van der Waals surface area contributed by atoms with Gasteiger partial charge in [-0.2, -0.15) is 0 Å². The van der Waals surface area contributed by atoms with E-state index < -0.39 is 0 Å². The molecule has 0 aromatic heterocycles. The summed E-state index contributed by atoms with van der Waals surface area (Å²) in [5.74, 6) is 0. The van der Waals surface area contributed by atoms with Crippen molar-refractivity contribution < 1.29 is 9.47 Å². The summed E-state index contributed by atoms with van der Waals surface area (Å²) < 4.78 is 11.5. The lowest BCUT2D eigenvalue weighted by Crippen LogP contribution is -2.56. The molecule has 2 rings (SSSR count). The Morgan fingerprint density at radius 2 is 2.00 bits per heavy atom. The van der Waals surface area contributed by atoms with Gasteiger partial charge in [-0.1, -0.05) is 6.92 Å². The number of hydrogen-bond donors (Lipinski definition) is 1. The molecule has 0 aliphatic carbocycles. The third-order valence-electron chi connectivity index (χ3n) is 3.20. The van der Waals surface area contributed by atoms with Gasteiger partial charge in [-0.3, -0.25) is 0 Å². The van der Waals surface area contributed by atoms with E-state index in [0.717, 1.165) is 32.5 Å². The SMILES string of the molecule is CCC(C)OC1CC2COCC(C1)N2. The summed E-state index contributed by atoms with van der Waals surface area (Å²) >= 11 is 0. The summed E-state index contributed by atoms with van der Waals surface area (Å²) in [7, 11) is 0. The number of hydrogen-bond acceptors (Lipinski definition) is 3. The minimum atomic E-state index is 0.403.